The SMILES string of the molecule is CC(=O)Nc1ccc(C(O)NC2=Nc3cc(N4CCOCC4)ccc3C3=NCCN23)cn1. The second kappa shape index (κ2) is 8.56. The van der Waals surface area contributed by atoms with Gasteiger partial charge in [-0.2, -0.15) is 0 Å². The second-order valence-corrected chi connectivity index (χ2v) is 7.80. The Morgan fingerprint density at radius 1 is 1.19 bits per heavy atom. The lowest BCUT2D eigenvalue weighted by atomic mass is 10.1. The third kappa shape index (κ3) is 4.02. The summed E-state index contributed by atoms with van der Waals surface area (Å²) < 4.78 is 5.46. The molecule has 1 amide bonds. The van der Waals surface area contributed by atoms with Crippen LogP contribution in [0.15, 0.2) is 46.5 Å². The largest absolute Gasteiger partial charge is 0.378 e. The van der Waals surface area contributed by atoms with Crippen molar-refractivity contribution >= 4 is 34.9 Å². The van der Waals surface area contributed by atoms with Gasteiger partial charge in [0.1, 0.15) is 11.7 Å². The van der Waals surface area contributed by atoms with Crippen molar-refractivity contribution in [1.29, 1.82) is 0 Å². The summed E-state index contributed by atoms with van der Waals surface area (Å²) in [5.74, 6) is 1.64. The Bertz CT molecular complexity index is 1080. The number of aliphatic hydroxyl groups excluding tert-OH is 1. The topological polar surface area (TPSA) is 115 Å². The predicted molar refractivity (Wildman–Crippen MR) is 121 cm³/mol. The van der Waals surface area contributed by atoms with Crippen LogP contribution in [0.3, 0.4) is 0 Å². The van der Waals surface area contributed by atoms with Gasteiger partial charge in [-0.3, -0.25) is 14.7 Å². The molecule has 32 heavy (non-hydrogen) atoms. The highest BCUT2D eigenvalue weighted by molar-refractivity contribution is 6.15. The molecule has 10 nitrogen and oxygen atoms in total. The highest BCUT2D eigenvalue weighted by Gasteiger charge is 2.31. The fraction of sp³-hybridized carbons (Fsp3) is 0.364. The zero-order chi connectivity index (χ0) is 22.1. The minimum absolute atomic E-state index is 0.198. The molecule has 1 fully saturated rings. The fourth-order valence-corrected chi connectivity index (χ4v) is 4.02. The van der Waals surface area contributed by atoms with Crippen LogP contribution in [0.4, 0.5) is 17.2 Å². The van der Waals surface area contributed by atoms with Gasteiger partial charge in [0.2, 0.25) is 11.9 Å². The van der Waals surface area contributed by atoms with Gasteiger partial charge >= 0.3 is 0 Å². The number of fused-ring (bicyclic) bond motifs is 3. The van der Waals surface area contributed by atoms with Crippen molar-refractivity contribution in [1.82, 2.24) is 15.2 Å². The van der Waals surface area contributed by atoms with Crippen molar-refractivity contribution in [3.63, 3.8) is 0 Å². The summed E-state index contributed by atoms with van der Waals surface area (Å²) in [5.41, 5.74) is 3.47. The van der Waals surface area contributed by atoms with Gasteiger partial charge in [-0.15, -0.1) is 0 Å². The maximum absolute atomic E-state index is 11.2. The van der Waals surface area contributed by atoms with Crippen LogP contribution in [0.1, 0.15) is 24.3 Å². The molecular weight excluding hydrogens is 410 g/mol. The number of carbonyl (C=O) groups excluding carboxylic acids is 1. The molecule has 0 bridgehead atoms. The number of amides is 1. The van der Waals surface area contributed by atoms with E-state index in [1.165, 1.54) is 13.1 Å². The minimum Gasteiger partial charge on any atom is -0.378 e. The van der Waals surface area contributed by atoms with Crippen LogP contribution in [0.5, 0.6) is 0 Å². The first kappa shape index (κ1) is 20.4. The number of aliphatic hydroxyl groups is 1. The van der Waals surface area contributed by atoms with E-state index < -0.39 is 6.23 Å². The highest BCUT2D eigenvalue weighted by Crippen LogP contribution is 2.32. The first-order valence-corrected chi connectivity index (χ1v) is 10.6. The number of guanidine groups is 1. The Labute approximate surface area is 185 Å². The summed E-state index contributed by atoms with van der Waals surface area (Å²) in [5, 5.41) is 16.5. The number of hydrogen-bond acceptors (Lipinski definition) is 9. The van der Waals surface area contributed by atoms with Crippen molar-refractivity contribution in [2.75, 3.05) is 49.6 Å². The molecule has 3 N–H and O–H groups in total. The lowest BCUT2D eigenvalue weighted by Gasteiger charge is -2.32. The maximum Gasteiger partial charge on any atom is 0.222 e. The number of morpholine rings is 1. The number of pyridine rings is 1. The zero-order valence-electron chi connectivity index (χ0n) is 17.8. The first-order chi connectivity index (χ1) is 15.6. The van der Waals surface area contributed by atoms with Crippen molar-refractivity contribution in [3.05, 3.63) is 47.7 Å². The smallest absolute Gasteiger partial charge is 0.222 e. The van der Waals surface area contributed by atoms with Crippen LogP contribution in [0.2, 0.25) is 0 Å². The molecule has 3 aliphatic heterocycles. The number of nitrogens with one attached hydrogen (secondary N) is 2. The summed E-state index contributed by atoms with van der Waals surface area (Å²) in [6.45, 7) is 5.91. The summed E-state index contributed by atoms with van der Waals surface area (Å²) in [6, 6.07) is 9.60. The number of aliphatic imine (C=N–C) groups is 2. The molecule has 0 spiro atoms. The molecule has 0 saturated carbocycles. The Hall–Kier alpha value is -3.50. The van der Waals surface area contributed by atoms with Crippen molar-refractivity contribution in [2.45, 2.75) is 13.2 Å². The number of hydrogen-bond donors (Lipinski definition) is 3. The Kier molecular flexibility index (Phi) is 5.46. The van der Waals surface area contributed by atoms with E-state index in [4.69, 9.17) is 9.73 Å². The number of rotatable bonds is 4. The summed E-state index contributed by atoms with van der Waals surface area (Å²) in [6.07, 6.45) is 0.508. The van der Waals surface area contributed by atoms with E-state index in [-0.39, 0.29) is 5.91 Å². The van der Waals surface area contributed by atoms with Crippen LogP contribution in [-0.4, -0.2) is 72.1 Å². The molecular formula is C22H25N7O3. The number of benzene rings is 1. The third-order valence-electron chi connectivity index (χ3n) is 5.59. The molecule has 3 aliphatic rings. The van der Waals surface area contributed by atoms with Gasteiger partial charge in [-0.05, 0) is 30.3 Å². The molecule has 166 valence electrons. The monoisotopic (exact) mass is 435 g/mol. The van der Waals surface area contributed by atoms with Gasteiger partial charge in [0.25, 0.3) is 0 Å². The van der Waals surface area contributed by atoms with Crippen molar-refractivity contribution in [3.8, 4) is 0 Å². The predicted octanol–water partition coefficient (Wildman–Crippen LogP) is 1.22. The second-order valence-electron chi connectivity index (χ2n) is 7.80. The molecule has 0 aliphatic carbocycles. The van der Waals surface area contributed by atoms with E-state index in [1.807, 2.05) is 4.90 Å². The van der Waals surface area contributed by atoms with Gasteiger partial charge in [-0.1, -0.05) is 0 Å². The minimum atomic E-state index is -1.02. The van der Waals surface area contributed by atoms with E-state index in [0.29, 0.717) is 43.6 Å². The quantitative estimate of drug-likeness (QED) is 0.619. The molecule has 4 heterocycles. The number of ether oxygens (including phenoxy) is 1. The van der Waals surface area contributed by atoms with Crippen LogP contribution in [0, 0.1) is 0 Å². The van der Waals surface area contributed by atoms with E-state index >= 15 is 0 Å². The molecule has 1 aromatic heterocycles. The number of nitrogens with zero attached hydrogens (tertiary/aromatic N) is 5. The summed E-state index contributed by atoms with van der Waals surface area (Å²) in [7, 11) is 0. The average molecular weight is 435 g/mol. The van der Waals surface area contributed by atoms with Crippen molar-refractivity contribution in [2.24, 2.45) is 9.98 Å². The first-order valence-electron chi connectivity index (χ1n) is 10.6. The highest BCUT2D eigenvalue weighted by atomic mass is 16.5. The average Bonchev–Trinajstić information content (AvgIpc) is 3.30. The van der Waals surface area contributed by atoms with E-state index in [9.17, 15) is 9.90 Å². The summed E-state index contributed by atoms with van der Waals surface area (Å²) >= 11 is 0. The lowest BCUT2D eigenvalue weighted by Crippen LogP contribution is -2.46. The standard InChI is InChI=1S/C22H25N7O3/c1-14(30)25-19-5-2-15(13-24-19)21(31)27-22-26-18-12-16(28-8-10-32-11-9-28)3-4-17(18)20-23-6-7-29(20)22/h2-5,12-13,21,31H,6-11H2,1H3,(H,26,27)(H,24,25,30). The zero-order valence-corrected chi connectivity index (χ0v) is 17.8. The van der Waals surface area contributed by atoms with E-state index in [2.05, 4.69) is 43.7 Å². The Balaban J connectivity index is 1.39. The normalized spacial score (nSPS) is 18.3. The van der Waals surface area contributed by atoms with Gasteiger partial charge in [0.05, 0.1) is 25.4 Å². The van der Waals surface area contributed by atoms with E-state index in [0.717, 1.165) is 35.9 Å². The van der Waals surface area contributed by atoms with Crippen LogP contribution < -0.4 is 15.5 Å². The number of anilines is 2. The molecule has 5 rings (SSSR count). The molecule has 1 aromatic carbocycles. The molecule has 1 saturated heterocycles. The van der Waals surface area contributed by atoms with Gasteiger partial charge in [0.15, 0.2) is 6.23 Å². The third-order valence-corrected chi connectivity index (χ3v) is 5.59. The number of aromatic nitrogens is 1. The van der Waals surface area contributed by atoms with Crippen LogP contribution in [-0.2, 0) is 9.53 Å². The Morgan fingerprint density at radius 2 is 2.03 bits per heavy atom. The van der Waals surface area contributed by atoms with Gasteiger partial charge in [0, 0.05) is 49.6 Å². The van der Waals surface area contributed by atoms with E-state index in [1.54, 1.807) is 12.1 Å². The number of carbonyl (C=O) groups is 1. The maximum atomic E-state index is 11.2. The molecule has 2 aromatic rings. The van der Waals surface area contributed by atoms with Gasteiger partial charge in [-0.25, -0.2) is 9.98 Å². The molecule has 1 atom stereocenters. The lowest BCUT2D eigenvalue weighted by molar-refractivity contribution is -0.114. The van der Waals surface area contributed by atoms with Gasteiger partial charge < -0.3 is 25.4 Å². The van der Waals surface area contributed by atoms with Crippen molar-refractivity contribution < 1.29 is 14.6 Å². The summed E-state index contributed by atoms with van der Waals surface area (Å²) in [4.78, 5) is 29.1. The fourth-order valence-electron chi connectivity index (χ4n) is 4.02. The number of amidine groups is 1. The van der Waals surface area contributed by atoms with Crippen LogP contribution in [0.25, 0.3) is 0 Å². The van der Waals surface area contributed by atoms with Crippen LogP contribution >= 0.6 is 0 Å². The molecule has 1 unspecified atom stereocenters. The molecule has 0 radical (unpaired) electrons. The molecule has 10 heteroatoms. The Morgan fingerprint density at radius 3 is 2.78 bits per heavy atom.